The van der Waals surface area contributed by atoms with Gasteiger partial charge in [-0.3, -0.25) is 9.59 Å². The van der Waals surface area contributed by atoms with Crippen LogP contribution in [0.3, 0.4) is 0 Å². The second-order valence-corrected chi connectivity index (χ2v) is 7.84. The van der Waals surface area contributed by atoms with Crippen LogP contribution in [0.1, 0.15) is 17.7 Å². The summed E-state index contributed by atoms with van der Waals surface area (Å²) in [5, 5.41) is 3.56. The second-order valence-electron chi connectivity index (χ2n) is 5.89. The molecule has 3 rings (SSSR count). The first-order valence-electron chi connectivity index (χ1n) is 8.52. The summed E-state index contributed by atoms with van der Waals surface area (Å²) in [6, 6.07) is 15.6. The Morgan fingerprint density at radius 3 is 2.46 bits per heavy atom. The number of nitrogens with one attached hydrogen (secondary N) is 1. The highest BCUT2D eigenvalue weighted by Crippen LogP contribution is 2.35. The third kappa shape index (κ3) is 5.16. The van der Waals surface area contributed by atoms with E-state index in [9.17, 15) is 9.59 Å². The van der Waals surface area contributed by atoms with Crippen LogP contribution in [0, 0.1) is 0 Å². The van der Waals surface area contributed by atoms with Crippen molar-refractivity contribution in [3.05, 3.63) is 86.8 Å². The van der Waals surface area contributed by atoms with Gasteiger partial charge in [-0.25, -0.2) is 0 Å². The first kappa shape index (κ1) is 20.5. The predicted octanol–water partition coefficient (Wildman–Crippen LogP) is 5.04. The number of hydrogen-bond acceptors (Lipinski definition) is 4. The number of rotatable bonds is 6. The van der Waals surface area contributed by atoms with Gasteiger partial charge in [0.2, 0.25) is 5.91 Å². The third-order valence-corrected chi connectivity index (χ3v) is 5.58. The standard InChI is InChI=1S/C20H17Cl2N3O2S/c1-2-25-9-8-17(26)24-20(25)28-18(13-6-4-3-5-7-13)19(27)23-16-11-14(21)10-15(22)12-16/h3-12,18H,2H2,1H3,(H,23,27). The molecule has 0 saturated heterocycles. The van der Waals surface area contributed by atoms with Gasteiger partial charge >= 0.3 is 0 Å². The lowest BCUT2D eigenvalue weighted by Crippen LogP contribution is -2.21. The van der Waals surface area contributed by atoms with Gasteiger partial charge in [-0.1, -0.05) is 65.3 Å². The summed E-state index contributed by atoms with van der Waals surface area (Å²) >= 11 is 13.3. The number of carbonyl (C=O) groups is 1. The SMILES string of the molecule is CCn1ccc(=O)nc1SC(C(=O)Nc1cc(Cl)cc(Cl)c1)c1ccccc1. The molecule has 0 fully saturated rings. The van der Waals surface area contributed by atoms with Crippen LogP contribution in [-0.2, 0) is 11.3 Å². The normalized spacial score (nSPS) is 11.8. The molecule has 0 aliphatic heterocycles. The number of halogens is 2. The Morgan fingerprint density at radius 1 is 1.14 bits per heavy atom. The van der Waals surface area contributed by atoms with E-state index >= 15 is 0 Å². The smallest absolute Gasteiger partial charge is 0.273 e. The van der Waals surface area contributed by atoms with Crippen molar-refractivity contribution in [1.29, 1.82) is 0 Å². The van der Waals surface area contributed by atoms with Crippen molar-refractivity contribution in [3.8, 4) is 0 Å². The number of aryl methyl sites for hydroxylation is 1. The van der Waals surface area contributed by atoms with Crippen molar-refractivity contribution in [1.82, 2.24) is 9.55 Å². The van der Waals surface area contributed by atoms with Gasteiger partial charge < -0.3 is 9.88 Å². The molecule has 0 bridgehead atoms. The molecule has 144 valence electrons. The Labute approximate surface area is 176 Å². The Hall–Kier alpha value is -2.28. The first-order chi connectivity index (χ1) is 13.5. The molecule has 1 aromatic heterocycles. The van der Waals surface area contributed by atoms with Crippen molar-refractivity contribution >= 4 is 46.6 Å². The highest BCUT2D eigenvalue weighted by Gasteiger charge is 2.24. The van der Waals surface area contributed by atoms with Crippen LogP contribution in [-0.4, -0.2) is 15.5 Å². The summed E-state index contributed by atoms with van der Waals surface area (Å²) in [5.41, 5.74) is 0.942. The van der Waals surface area contributed by atoms with Crippen molar-refractivity contribution in [3.63, 3.8) is 0 Å². The lowest BCUT2D eigenvalue weighted by molar-refractivity contribution is -0.115. The zero-order valence-corrected chi connectivity index (χ0v) is 17.3. The van der Waals surface area contributed by atoms with Crippen molar-refractivity contribution in [2.24, 2.45) is 0 Å². The summed E-state index contributed by atoms with van der Waals surface area (Å²) in [4.78, 5) is 28.9. The van der Waals surface area contributed by atoms with E-state index < -0.39 is 5.25 Å². The molecule has 8 heteroatoms. The maximum absolute atomic E-state index is 13.1. The number of aromatic nitrogens is 2. The monoisotopic (exact) mass is 433 g/mol. The molecule has 1 heterocycles. The molecule has 5 nitrogen and oxygen atoms in total. The van der Waals surface area contributed by atoms with E-state index in [-0.39, 0.29) is 11.5 Å². The molecule has 1 N–H and O–H groups in total. The average molecular weight is 434 g/mol. The predicted molar refractivity (Wildman–Crippen MR) is 114 cm³/mol. The van der Waals surface area contributed by atoms with E-state index in [4.69, 9.17) is 23.2 Å². The lowest BCUT2D eigenvalue weighted by atomic mass is 10.1. The number of amides is 1. The largest absolute Gasteiger partial charge is 0.328 e. The molecule has 0 aliphatic carbocycles. The van der Waals surface area contributed by atoms with E-state index in [1.165, 1.54) is 17.8 Å². The van der Waals surface area contributed by atoms with Crippen LogP contribution in [0.2, 0.25) is 10.0 Å². The van der Waals surface area contributed by atoms with Crippen LogP contribution in [0.25, 0.3) is 0 Å². The van der Waals surface area contributed by atoms with E-state index in [0.29, 0.717) is 27.4 Å². The average Bonchev–Trinajstić information content (AvgIpc) is 2.66. The van der Waals surface area contributed by atoms with Gasteiger partial charge in [0.25, 0.3) is 5.56 Å². The Morgan fingerprint density at radius 2 is 1.82 bits per heavy atom. The summed E-state index contributed by atoms with van der Waals surface area (Å²) < 4.78 is 1.82. The van der Waals surface area contributed by atoms with Gasteiger partial charge in [-0.15, -0.1) is 0 Å². The van der Waals surface area contributed by atoms with E-state index in [0.717, 1.165) is 5.56 Å². The summed E-state index contributed by atoms with van der Waals surface area (Å²) in [6.45, 7) is 2.57. The quantitative estimate of drug-likeness (QED) is 0.436. The van der Waals surface area contributed by atoms with Crippen LogP contribution >= 0.6 is 35.0 Å². The van der Waals surface area contributed by atoms with Gasteiger partial charge in [0.05, 0.1) is 0 Å². The molecular formula is C20H17Cl2N3O2S. The molecule has 1 unspecified atom stereocenters. The van der Waals surface area contributed by atoms with Crippen molar-refractivity contribution < 1.29 is 4.79 Å². The molecule has 3 aromatic rings. The minimum atomic E-state index is -0.619. The minimum absolute atomic E-state index is 0.268. The number of hydrogen-bond donors (Lipinski definition) is 1. The molecule has 28 heavy (non-hydrogen) atoms. The maximum atomic E-state index is 13.1. The maximum Gasteiger partial charge on any atom is 0.273 e. The van der Waals surface area contributed by atoms with Crippen LogP contribution in [0.5, 0.6) is 0 Å². The molecule has 0 saturated carbocycles. The van der Waals surface area contributed by atoms with Gasteiger partial charge in [-0.2, -0.15) is 4.98 Å². The van der Waals surface area contributed by atoms with Crippen LogP contribution in [0.15, 0.2) is 70.7 Å². The van der Waals surface area contributed by atoms with Crippen molar-refractivity contribution in [2.45, 2.75) is 23.9 Å². The van der Waals surface area contributed by atoms with Crippen LogP contribution in [0.4, 0.5) is 5.69 Å². The number of carbonyl (C=O) groups excluding carboxylic acids is 1. The highest BCUT2D eigenvalue weighted by atomic mass is 35.5. The number of nitrogens with zero attached hydrogens (tertiary/aromatic N) is 2. The number of benzene rings is 2. The number of thioether (sulfide) groups is 1. The Balaban J connectivity index is 1.95. The molecule has 2 aromatic carbocycles. The molecule has 0 radical (unpaired) electrons. The second kappa shape index (κ2) is 9.28. The molecule has 1 amide bonds. The molecule has 0 aliphatic rings. The van der Waals surface area contributed by atoms with Crippen molar-refractivity contribution in [2.75, 3.05) is 5.32 Å². The van der Waals surface area contributed by atoms with Gasteiger partial charge in [0.1, 0.15) is 5.25 Å². The fourth-order valence-electron chi connectivity index (χ4n) is 2.59. The van der Waals surface area contributed by atoms with Crippen LogP contribution < -0.4 is 10.9 Å². The Bertz CT molecular complexity index is 1020. The van der Waals surface area contributed by atoms with Gasteiger partial charge in [0.15, 0.2) is 5.16 Å². The topological polar surface area (TPSA) is 64.0 Å². The fraction of sp³-hybridized carbons (Fsp3) is 0.150. The highest BCUT2D eigenvalue weighted by molar-refractivity contribution is 8.00. The molecule has 1 atom stereocenters. The third-order valence-electron chi connectivity index (χ3n) is 3.88. The summed E-state index contributed by atoms with van der Waals surface area (Å²) in [5.74, 6) is -0.268. The molecule has 0 spiro atoms. The minimum Gasteiger partial charge on any atom is -0.328 e. The van der Waals surface area contributed by atoms with E-state index in [1.54, 1.807) is 24.4 Å². The van der Waals surface area contributed by atoms with E-state index in [2.05, 4.69) is 10.3 Å². The summed E-state index contributed by atoms with van der Waals surface area (Å²) in [6.07, 6.45) is 1.67. The fourth-order valence-corrected chi connectivity index (χ4v) is 4.25. The van der Waals surface area contributed by atoms with Gasteiger partial charge in [0, 0.05) is 34.5 Å². The van der Waals surface area contributed by atoms with Gasteiger partial charge in [-0.05, 0) is 30.7 Å². The number of anilines is 1. The summed E-state index contributed by atoms with van der Waals surface area (Å²) in [7, 11) is 0. The Kier molecular flexibility index (Phi) is 6.78. The zero-order valence-electron chi connectivity index (χ0n) is 14.9. The van der Waals surface area contributed by atoms with E-state index in [1.807, 2.05) is 41.8 Å². The lowest BCUT2D eigenvalue weighted by Gasteiger charge is -2.18. The zero-order chi connectivity index (χ0) is 20.1. The first-order valence-corrected chi connectivity index (χ1v) is 10.2. The molecular weight excluding hydrogens is 417 g/mol.